The molecule has 1 aromatic carbocycles. The Hall–Kier alpha value is -2.70. The van der Waals surface area contributed by atoms with Crippen molar-refractivity contribution in [1.82, 2.24) is 20.3 Å². The smallest absolute Gasteiger partial charge is 0.245 e. The normalized spacial score (nSPS) is 10.6. The van der Waals surface area contributed by atoms with E-state index in [1.807, 2.05) is 49.3 Å². The fraction of sp³-hybridized carbons (Fsp3) is 0.167. The zero-order chi connectivity index (χ0) is 13.2. The van der Waals surface area contributed by atoms with E-state index in [4.69, 9.17) is 0 Å². The maximum atomic E-state index is 4.63. The predicted molar refractivity (Wildman–Crippen MR) is 71.4 cm³/mol. The average Bonchev–Trinajstić information content (AvgIpc) is 2.86. The number of nitrogens with zero attached hydrogens (tertiary/aromatic N) is 5. The lowest BCUT2D eigenvalue weighted by Gasteiger charge is -2.15. The van der Waals surface area contributed by atoms with Gasteiger partial charge in [0.25, 0.3) is 0 Å². The first kappa shape index (κ1) is 11.4. The Morgan fingerprint density at radius 2 is 1.68 bits per heavy atom. The van der Waals surface area contributed by atoms with Gasteiger partial charge in [0.1, 0.15) is 0 Å². The molecule has 3 rings (SSSR count). The molecule has 0 bridgehead atoms. The molecule has 1 N–H and O–H groups in total. The van der Waals surface area contributed by atoms with Crippen LogP contribution in [0.3, 0.4) is 0 Å². The molecule has 7 nitrogen and oxygen atoms in total. The molecule has 0 saturated carbocycles. The van der Waals surface area contributed by atoms with Crippen LogP contribution >= 0.6 is 0 Å². The van der Waals surface area contributed by atoms with Crippen LogP contribution in [0, 0.1) is 0 Å². The van der Waals surface area contributed by atoms with Crippen LogP contribution in [-0.4, -0.2) is 34.4 Å². The van der Waals surface area contributed by atoms with Crippen LogP contribution < -0.4 is 10.2 Å². The number of benzene rings is 1. The summed E-state index contributed by atoms with van der Waals surface area (Å²) >= 11 is 0. The van der Waals surface area contributed by atoms with Crippen molar-refractivity contribution < 1.29 is 4.63 Å². The quantitative estimate of drug-likeness (QED) is 0.765. The number of hydrogen-bond acceptors (Lipinski definition) is 7. The van der Waals surface area contributed by atoms with Crippen molar-refractivity contribution in [2.24, 2.45) is 0 Å². The fourth-order valence-corrected chi connectivity index (χ4v) is 1.68. The van der Waals surface area contributed by atoms with Crippen LogP contribution in [0.25, 0.3) is 11.3 Å². The zero-order valence-corrected chi connectivity index (χ0v) is 10.5. The second-order valence-electron chi connectivity index (χ2n) is 4.19. The van der Waals surface area contributed by atoms with Gasteiger partial charge in [0.2, 0.25) is 11.3 Å². The van der Waals surface area contributed by atoms with Gasteiger partial charge in [-0.1, -0.05) is 18.2 Å². The lowest BCUT2D eigenvalue weighted by molar-refractivity contribution is 0.314. The molecule has 96 valence electrons. The zero-order valence-electron chi connectivity index (χ0n) is 10.5. The monoisotopic (exact) mass is 256 g/mol. The van der Waals surface area contributed by atoms with E-state index in [9.17, 15) is 0 Å². The van der Waals surface area contributed by atoms with E-state index in [1.54, 1.807) is 0 Å². The van der Waals surface area contributed by atoms with Crippen molar-refractivity contribution in [1.29, 1.82) is 0 Å². The summed E-state index contributed by atoms with van der Waals surface area (Å²) in [7, 11) is 3.78. The first-order valence-corrected chi connectivity index (χ1v) is 5.74. The molecule has 0 unspecified atom stereocenters. The maximum absolute atomic E-state index is 4.63. The van der Waals surface area contributed by atoms with Crippen molar-refractivity contribution in [3.05, 3.63) is 30.3 Å². The van der Waals surface area contributed by atoms with E-state index < -0.39 is 0 Å². The molecule has 0 aliphatic rings. The van der Waals surface area contributed by atoms with Gasteiger partial charge in [-0.2, -0.15) is 0 Å². The van der Waals surface area contributed by atoms with E-state index in [0.717, 1.165) is 5.69 Å². The molecular formula is C12H12N6O. The number of para-hydroxylation sites is 1. The van der Waals surface area contributed by atoms with Crippen LogP contribution in [0.4, 0.5) is 17.3 Å². The third-order valence-corrected chi connectivity index (χ3v) is 2.56. The van der Waals surface area contributed by atoms with Gasteiger partial charge >= 0.3 is 0 Å². The highest BCUT2D eigenvalue weighted by molar-refractivity contribution is 5.76. The first-order chi connectivity index (χ1) is 9.24. The molecule has 0 atom stereocenters. The van der Waals surface area contributed by atoms with Crippen molar-refractivity contribution in [2.45, 2.75) is 0 Å². The van der Waals surface area contributed by atoms with Crippen LogP contribution in [0.5, 0.6) is 0 Å². The summed E-state index contributed by atoms with van der Waals surface area (Å²) in [6.07, 6.45) is 0. The topological polar surface area (TPSA) is 80.0 Å². The summed E-state index contributed by atoms with van der Waals surface area (Å²) < 4.78 is 4.63. The number of anilines is 3. The maximum Gasteiger partial charge on any atom is 0.245 e. The summed E-state index contributed by atoms with van der Waals surface area (Å²) in [6, 6.07) is 9.75. The molecule has 19 heavy (non-hydrogen) atoms. The summed E-state index contributed by atoms with van der Waals surface area (Å²) in [4.78, 5) is 10.6. The van der Waals surface area contributed by atoms with E-state index >= 15 is 0 Å². The number of hydrogen-bond donors (Lipinski definition) is 1. The minimum atomic E-state index is 0.379. The Labute approximate surface area is 109 Å². The molecule has 0 aliphatic carbocycles. The van der Waals surface area contributed by atoms with E-state index in [2.05, 4.69) is 30.2 Å². The highest BCUT2D eigenvalue weighted by Gasteiger charge is 2.14. The van der Waals surface area contributed by atoms with Crippen molar-refractivity contribution in [2.75, 3.05) is 24.3 Å². The first-order valence-electron chi connectivity index (χ1n) is 5.74. The van der Waals surface area contributed by atoms with Gasteiger partial charge < -0.3 is 10.2 Å². The summed E-state index contributed by atoms with van der Waals surface area (Å²) in [5.41, 5.74) is 1.70. The highest BCUT2D eigenvalue weighted by atomic mass is 16.6. The SMILES string of the molecule is CN(C)c1nc2nonc2nc1Nc1ccccc1. The molecular weight excluding hydrogens is 244 g/mol. The Morgan fingerprint density at radius 1 is 1.00 bits per heavy atom. The highest BCUT2D eigenvalue weighted by Crippen LogP contribution is 2.25. The molecule has 2 heterocycles. The Kier molecular flexibility index (Phi) is 2.71. The fourth-order valence-electron chi connectivity index (χ4n) is 1.68. The van der Waals surface area contributed by atoms with Crippen LogP contribution in [0.15, 0.2) is 35.0 Å². The molecule has 0 spiro atoms. The van der Waals surface area contributed by atoms with Crippen LogP contribution in [0.1, 0.15) is 0 Å². The van der Waals surface area contributed by atoms with E-state index in [0.29, 0.717) is 22.9 Å². The van der Waals surface area contributed by atoms with Gasteiger partial charge in [-0.05, 0) is 22.4 Å². The number of fused-ring (bicyclic) bond motifs is 1. The third-order valence-electron chi connectivity index (χ3n) is 2.56. The van der Waals surface area contributed by atoms with Gasteiger partial charge in [-0.15, -0.1) is 0 Å². The minimum Gasteiger partial charge on any atom is -0.360 e. The second-order valence-corrected chi connectivity index (χ2v) is 4.19. The Balaban J connectivity index is 2.07. The Morgan fingerprint density at radius 3 is 2.37 bits per heavy atom. The molecule has 3 aromatic rings. The standard InChI is InChI=1S/C12H12N6O/c1-18(2)12-11(13-8-6-4-3-5-7-8)14-9-10(15-12)17-19-16-9/h3-7H,1-2H3,(H,13,14,16). The molecule has 0 saturated heterocycles. The summed E-state index contributed by atoms with van der Waals surface area (Å²) in [5.74, 6) is 1.28. The number of rotatable bonds is 3. The number of nitrogens with one attached hydrogen (secondary N) is 1. The predicted octanol–water partition coefficient (Wildman–Crippen LogP) is 1.82. The molecule has 0 radical (unpaired) electrons. The van der Waals surface area contributed by atoms with Crippen molar-refractivity contribution in [3.8, 4) is 0 Å². The van der Waals surface area contributed by atoms with Crippen LogP contribution in [-0.2, 0) is 0 Å². The van der Waals surface area contributed by atoms with E-state index in [1.165, 1.54) is 0 Å². The van der Waals surface area contributed by atoms with Crippen molar-refractivity contribution in [3.63, 3.8) is 0 Å². The number of aromatic nitrogens is 4. The molecule has 2 aromatic heterocycles. The molecule has 0 fully saturated rings. The lowest BCUT2D eigenvalue weighted by Crippen LogP contribution is -2.14. The lowest BCUT2D eigenvalue weighted by atomic mass is 10.3. The van der Waals surface area contributed by atoms with Crippen molar-refractivity contribution >= 4 is 28.6 Å². The van der Waals surface area contributed by atoms with Gasteiger partial charge in [0, 0.05) is 19.8 Å². The van der Waals surface area contributed by atoms with E-state index in [-0.39, 0.29) is 0 Å². The van der Waals surface area contributed by atoms with Crippen LogP contribution in [0.2, 0.25) is 0 Å². The third kappa shape index (κ3) is 2.17. The molecule has 0 amide bonds. The minimum absolute atomic E-state index is 0.379. The summed E-state index contributed by atoms with van der Waals surface area (Å²) in [6.45, 7) is 0. The van der Waals surface area contributed by atoms with Gasteiger partial charge in [-0.3, -0.25) is 0 Å². The van der Waals surface area contributed by atoms with Gasteiger partial charge in [0.05, 0.1) is 0 Å². The molecule has 7 heteroatoms. The molecule has 0 aliphatic heterocycles. The van der Waals surface area contributed by atoms with Gasteiger partial charge in [0.15, 0.2) is 11.6 Å². The Bertz CT molecular complexity index is 694. The largest absolute Gasteiger partial charge is 0.360 e. The van der Waals surface area contributed by atoms with Gasteiger partial charge in [-0.25, -0.2) is 14.6 Å². The average molecular weight is 256 g/mol. The second kappa shape index (κ2) is 4.52. The summed E-state index contributed by atoms with van der Waals surface area (Å²) in [5, 5.41) is 10.6.